The van der Waals surface area contributed by atoms with E-state index in [0.717, 1.165) is 25.9 Å². The second-order valence-corrected chi connectivity index (χ2v) is 6.33. The number of carbonyl (C=O) groups excluding carboxylic acids is 1. The van der Waals surface area contributed by atoms with Gasteiger partial charge in [0.1, 0.15) is 0 Å². The highest BCUT2D eigenvalue weighted by Gasteiger charge is 2.28. The molecule has 1 aromatic rings. The van der Waals surface area contributed by atoms with Crippen molar-refractivity contribution in [1.29, 1.82) is 0 Å². The molecule has 2 rings (SSSR count). The van der Waals surface area contributed by atoms with Crippen LogP contribution in [0.1, 0.15) is 30.1 Å². The predicted octanol–water partition coefficient (Wildman–Crippen LogP) is 2.25. The topological polar surface area (TPSA) is 62.7 Å². The largest absolute Gasteiger partial charge is 0.457 e. The first-order valence-corrected chi connectivity index (χ1v) is 8.30. The number of nitrogens with two attached hydrogens (primary N) is 1. The molecule has 5 nitrogen and oxygen atoms in total. The molecular weight excluding hydrogens is 354 g/mol. The summed E-state index contributed by atoms with van der Waals surface area (Å²) in [7, 11) is 0. The number of carbonyl (C=O) groups is 1. The minimum atomic E-state index is -0.00218. The van der Waals surface area contributed by atoms with E-state index in [2.05, 4.69) is 27.8 Å². The fraction of sp³-hybridized carbons (Fsp3) is 0.571. The van der Waals surface area contributed by atoms with E-state index in [1.165, 1.54) is 6.26 Å². The third kappa shape index (κ3) is 3.84. The van der Waals surface area contributed by atoms with Gasteiger partial charge in [0, 0.05) is 26.2 Å². The molecule has 116 valence electrons. The molecule has 0 aliphatic carbocycles. The molecule has 2 heterocycles. The summed E-state index contributed by atoms with van der Waals surface area (Å²) >= 11 is 8.41. The summed E-state index contributed by atoms with van der Waals surface area (Å²) < 4.78 is 5.61. The van der Waals surface area contributed by atoms with Crippen LogP contribution in [0.2, 0.25) is 0 Å². The Morgan fingerprint density at radius 3 is 2.62 bits per heavy atom. The molecule has 0 saturated carbocycles. The molecule has 0 bridgehead atoms. The van der Waals surface area contributed by atoms with Crippen LogP contribution in [0.5, 0.6) is 0 Å². The molecule has 21 heavy (non-hydrogen) atoms. The molecule has 1 fully saturated rings. The number of hydrogen-bond acceptors (Lipinski definition) is 4. The van der Waals surface area contributed by atoms with Crippen molar-refractivity contribution >= 4 is 39.0 Å². The summed E-state index contributed by atoms with van der Waals surface area (Å²) in [6, 6.07) is 1.83. The second-order valence-electron chi connectivity index (χ2n) is 5.14. The van der Waals surface area contributed by atoms with E-state index in [1.54, 1.807) is 6.07 Å². The Morgan fingerprint density at radius 2 is 2.14 bits per heavy atom. The highest BCUT2D eigenvalue weighted by molar-refractivity contribution is 9.10. The Morgan fingerprint density at radius 1 is 1.48 bits per heavy atom. The van der Waals surface area contributed by atoms with Gasteiger partial charge >= 0.3 is 0 Å². The van der Waals surface area contributed by atoms with Gasteiger partial charge in [0.25, 0.3) is 5.91 Å². The number of rotatable bonds is 5. The Bertz CT molecular complexity index is 512. The van der Waals surface area contributed by atoms with E-state index in [4.69, 9.17) is 22.4 Å². The lowest BCUT2D eigenvalue weighted by Crippen LogP contribution is -2.54. The number of furan rings is 1. The van der Waals surface area contributed by atoms with Crippen LogP contribution in [0.25, 0.3) is 0 Å². The van der Waals surface area contributed by atoms with Gasteiger partial charge in [-0.3, -0.25) is 9.69 Å². The van der Waals surface area contributed by atoms with Gasteiger partial charge in [-0.15, -0.1) is 0 Å². The maximum atomic E-state index is 12.4. The van der Waals surface area contributed by atoms with Crippen LogP contribution in [-0.2, 0) is 0 Å². The van der Waals surface area contributed by atoms with Crippen LogP contribution < -0.4 is 5.73 Å². The number of halogens is 1. The summed E-state index contributed by atoms with van der Waals surface area (Å²) in [6.45, 7) is 5.08. The van der Waals surface area contributed by atoms with Gasteiger partial charge in [0.2, 0.25) is 0 Å². The van der Waals surface area contributed by atoms with Gasteiger partial charge in [-0.1, -0.05) is 25.6 Å². The van der Waals surface area contributed by atoms with Crippen molar-refractivity contribution in [2.24, 2.45) is 5.73 Å². The Hall–Kier alpha value is -0.920. The van der Waals surface area contributed by atoms with Gasteiger partial charge in [0.15, 0.2) is 4.67 Å². The molecule has 7 heteroatoms. The van der Waals surface area contributed by atoms with E-state index >= 15 is 0 Å². The van der Waals surface area contributed by atoms with E-state index in [1.807, 2.05) is 4.90 Å². The van der Waals surface area contributed by atoms with Crippen LogP contribution >= 0.6 is 28.1 Å². The highest BCUT2D eigenvalue weighted by Crippen LogP contribution is 2.20. The molecule has 1 amide bonds. The molecule has 0 spiro atoms. The minimum Gasteiger partial charge on any atom is -0.457 e. The standard InChI is InChI=1S/C14H20BrN3O2S/c1-2-3-11(13(16)21)17-5-7-18(8-6-17)14(19)10-4-9-20-12(10)15/h4,9,11H,2-3,5-8H2,1H3,(H2,16,21). The Balaban J connectivity index is 1.95. The zero-order chi connectivity index (χ0) is 15.4. The summed E-state index contributed by atoms with van der Waals surface area (Å²) in [5.41, 5.74) is 6.41. The monoisotopic (exact) mass is 373 g/mol. The smallest absolute Gasteiger partial charge is 0.258 e. The molecule has 0 radical (unpaired) electrons. The Kier molecular flexibility index (Phi) is 5.78. The third-order valence-electron chi connectivity index (χ3n) is 3.78. The van der Waals surface area contributed by atoms with Gasteiger partial charge in [-0.2, -0.15) is 0 Å². The number of amides is 1. The van der Waals surface area contributed by atoms with Crippen molar-refractivity contribution in [3.05, 3.63) is 22.6 Å². The first kappa shape index (κ1) is 16.5. The van der Waals surface area contributed by atoms with Crippen LogP contribution in [-0.4, -0.2) is 52.9 Å². The van der Waals surface area contributed by atoms with Crippen LogP contribution in [0.4, 0.5) is 0 Å². The zero-order valence-corrected chi connectivity index (χ0v) is 14.5. The molecule has 1 aromatic heterocycles. The maximum absolute atomic E-state index is 12.4. The lowest BCUT2D eigenvalue weighted by molar-refractivity contribution is 0.0607. The number of piperazine rings is 1. The van der Waals surface area contributed by atoms with Gasteiger partial charge in [0.05, 0.1) is 22.9 Å². The van der Waals surface area contributed by atoms with E-state index in [9.17, 15) is 4.79 Å². The van der Waals surface area contributed by atoms with Gasteiger partial charge in [-0.05, 0) is 28.4 Å². The average Bonchev–Trinajstić information content (AvgIpc) is 2.90. The summed E-state index contributed by atoms with van der Waals surface area (Å²) in [6.07, 6.45) is 3.53. The van der Waals surface area contributed by atoms with Gasteiger partial charge < -0.3 is 15.1 Å². The summed E-state index contributed by atoms with van der Waals surface area (Å²) in [5, 5.41) is 0. The number of nitrogens with zero attached hydrogens (tertiary/aromatic N) is 2. The number of hydrogen-bond donors (Lipinski definition) is 1. The van der Waals surface area contributed by atoms with E-state index in [-0.39, 0.29) is 11.9 Å². The quantitative estimate of drug-likeness (QED) is 0.801. The predicted molar refractivity (Wildman–Crippen MR) is 89.4 cm³/mol. The summed E-state index contributed by atoms with van der Waals surface area (Å²) in [5.74, 6) is -0.00218. The first-order valence-electron chi connectivity index (χ1n) is 7.10. The molecule has 0 aromatic carbocycles. The molecule has 1 unspecified atom stereocenters. The molecule has 1 atom stereocenters. The lowest BCUT2D eigenvalue weighted by atomic mass is 10.1. The van der Waals surface area contributed by atoms with Crippen molar-refractivity contribution in [2.45, 2.75) is 25.8 Å². The van der Waals surface area contributed by atoms with Crippen LogP contribution in [0.3, 0.4) is 0 Å². The highest BCUT2D eigenvalue weighted by atomic mass is 79.9. The average molecular weight is 374 g/mol. The molecule has 1 saturated heterocycles. The van der Waals surface area contributed by atoms with Crippen molar-refractivity contribution < 1.29 is 9.21 Å². The second kappa shape index (κ2) is 7.38. The minimum absolute atomic E-state index is 0.00218. The molecule has 2 N–H and O–H groups in total. The lowest BCUT2D eigenvalue weighted by Gasteiger charge is -2.38. The maximum Gasteiger partial charge on any atom is 0.258 e. The number of thiocarbonyl (C=S) groups is 1. The first-order chi connectivity index (χ1) is 10.0. The fourth-order valence-electron chi connectivity index (χ4n) is 2.63. The SMILES string of the molecule is CCCC(C(N)=S)N1CCN(C(=O)c2ccoc2Br)CC1. The normalized spacial score (nSPS) is 17.7. The fourth-order valence-corrected chi connectivity index (χ4v) is 3.31. The van der Waals surface area contributed by atoms with Crippen molar-refractivity contribution in [1.82, 2.24) is 9.80 Å². The van der Waals surface area contributed by atoms with Crippen LogP contribution in [0.15, 0.2) is 21.4 Å². The van der Waals surface area contributed by atoms with E-state index < -0.39 is 0 Å². The third-order valence-corrected chi connectivity index (χ3v) is 4.67. The van der Waals surface area contributed by atoms with Crippen LogP contribution in [0, 0.1) is 0 Å². The molecular formula is C14H20BrN3O2S. The van der Waals surface area contributed by atoms with Crippen molar-refractivity contribution in [3.8, 4) is 0 Å². The van der Waals surface area contributed by atoms with Crippen molar-refractivity contribution in [2.75, 3.05) is 26.2 Å². The Labute approximate surface area is 138 Å². The van der Waals surface area contributed by atoms with Crippen molar-refractivity contribution in [3.63, 3.8) is 0 Å². The molecule has 1 aliphatic rings. The van der Waals surface area contributed by atoms with Gasteiger partial charge in [-0.25, -0.2) is 0 Å². The zero-order valence-electron chi connectivity index (χ0n) is 12.0. The molecule has 1 aliphatic heterocycles. The summed E-state index contributed by atoms with van der Waals surface area (Å²) in [4.78, 5) is 17.1. The van der Waals surface area contributed by atoms with E-state index in [0.29, 0.717) is 28.3 Å².